The maximum Gasteiger partial charge on any atom is 0.235 e. The summed E-state index contributed by atoms with van der Waals surface area (Å²) in [5, 5.41) is 5.50. The summed E-state index contributed by atoms with van der Waals surface area (Å²) >= 11 is 12.7. The smallest absolute Gasteiger partial charge is 0.235 e. The third kappa shape index (κ3) is 2.55. The molecule has 3 aromatic rings. The van der Waals surface area contributed by atoms with Gasteiger partial charge in [0.25, 0.3) is 0 Å². The van der Waals surface area contributed by atoms with E-state index in [-0.39, 0.29) is 5.91 Å². The molecular weight excluding hydrogens is 371 g/mol. The normalized spacial score (nSPS) is 16.7. The van der Waals surface area contributed by atoms with Crippen molar-refractivity contribution in [3.05, 3.63) is 69.7 Å². The number of fused-ring (bicyclic) bond motifs is 1. The fourth-order valence-electron chi connectivity index (χ4n) is 3.38. The fraction of sp³-hybridized carbons (Fsp3) is 0.158. The Labute approximate surface area is 160 Å². The molecule has 1 aromatic heterocycles. The average Bonchev–Trinajstić information content (AvgIpc) is 2.97. The van der Waals surface area contributed by atoms with Crippen molar-refractivity contribution in [3.63, 3.8) is 0 Å². The first-order valence-electron chi connectivity index (χ1n) is 8.13. The van der Waals surface area contributed by atoms with Crippen LogP contribution in [0.5, 0.6) is 0 Å². The molecule has 2 aromatic carbocycles. The number of carbonyl (C=O) groups is 1. The number of para-hydroxylation sites is 1. The highest BCUT2D eigenvalue weighted by atomic mass is 35.5. The van der Waals surface area contributed by atoms with E-state index in [1.54, 1.807) is 29.9 Å². The van der Waals surface area contributed by atoms with Crippen LogP contribution < -0.4 is 10.6 Å². The lowest BCUT2D eigenvalue weighted by Crippen LogP contribution is -2.37. The lowest BCUT2D eigenvalue weighted by atomic mass is 9.88. The summed E-state index contributed by atoms with van der Waals surface area (Å²) in [7, 11) is 1.69. The van der Waals surface area contributed by atoms with Crippen molar-refractivity contribution in [1.29, 1.82) is 0 Å². The molecule has 0 bridgehead atoms. The largest absolute Gasteiger partial charge is 0.383 e. The Morgan fingerprint density at radius 2 is 1.73 bits per heavy atom. The second kappa shape index (κ2) is 6.34. The van der Waals surface area contributed by atoms with Crippen LogP contribution in [-0.2, 0) is 11.2 Å². The number of aromatic nitrogens is 2. The fourth-order valence-corrected chi connectivity index (χ4v) is 4.04. The molecule has 1 aliphatic heterocycles. The summed E-state index contributed by atoms with van der Waals surface area (Å²) in [5.41, 5.74) is 8.66. The van der Waals surface area contributed by atoms with Gasteiger partial charge in [0.2, 0.25) is 5.91 Å². The van der Waals surface area contributed by atoms with Gasteiger partial charge >= 0.3 is 0 Å². The lowest BCUT2D eigenvalue weighted by molar-refractivity contribution is -0.120. The molecule has 4 rings (SSSR count). The van der Waals surface area contributed by atoms with Gasteiger partial charge in [-0.15, -0.1) is 5.10 Å². The summed E-state index contributed by atoms with van der Waals surface area (Å²) in [4.78, 5) is 14.5. The maximum absolute atomic E-state index is 13.0. The number of likely N-dealkylation sites (N-methyl/N-ethyl adjacent to an activating group) is 1. The van der Waals surface area contributed by atoms with Gasteiger partial charge in [-0.3, -0.25) is 9.69 Å². The standard InChI is InChI=1S/C19H16Cl2N4O/c1-24-18-13(17(22)25(23-18)11-6-3-2-4-7-11)10-12(19(24)26)16-14(20)8-5-9-15(16)21/h2-9,12H,10,22H2,1H3. The summed E-state index contributed by atoms with van der Waals surface area (Å²) in [6.45, 7) is 0. The molecule has 0 fully saturated rings. The highest BCUT2D eigenvalue weighted by Gasteiger charge is 2.38. The predicted molar refractivity (Wildman–Crippen MR) is 104 cm³/mol. The molecule has 0 aliphatic carbocycles. The molecule has 1 atom stereocenters. The van der Waals surface area contributed by atoms with Crippen molar-refractivity contribution < 1.29 is 4.79 Å². The van der Waals surface area contributed by atoms with E-state index in [0.717, 1.165) is 11.3 Å². The number of nitrogens with two attached hydrogens (primary N) is 1. The Morgan fingerprint density at radius 3 is 2.38 bits per heavy atom. The topological polar surface area (TPSA) is 64.2 Å². The maximum atomic E-state index is 13.0. The number of nitrogen functional groups attached to an aromatic ring is 1. The zero-order valence-electron chi connectivity index (χ0n) is 14.0. The van der Waals surface area contributed by atoms with Crippen LogP contribution >= 0.6 is 23.2 Å². The highest BCUT2D eigenvalue weighted by Crippen LogP contribution is 2.42. The van der Waals surface area contributed by atoms with Crippen LogP contribution in [0.2, 0.25) is 10.0 Å². The molecule has 5 nitrogen and oxygen atoms in total. The van der Waals surface area contributed by atoms with Gasteiger partial charge in [0.1, 0.15) is 5.82 Å². The molecule has 26 heavy (non-hydrogen) atoms. The van der Waals surface area contributed by atoms with E-state index in [0.29, 0.717) is 33.7 Å². The van der Waals surface area contributed by atoms with Crippen LogP contribution in [0.4, 0.5) is 11.6 Å². The van der Waals surface area contributed by atoms with E-state index in [9.17, 15) is 4.79 Å². The van der Waals surface area contributed by atoms with Crippen LogP contribution in [0.1, 0.15) is 17.0 Å². The van der Waals surface area contributed by atoms with Gasteiger partial charge in [0, 0.05) is 28.2 Å². The molecule has 7 heteroatoms. The van der Waals surface area contributed by atoms with Gasteiger partial charge in [-0.1, -0.05) is 47.5 Å². The number of anilines is 2. The van der Waals surface area contributed by atoms with E-state index in [1.807, 2.05) is 30.3 Å². The van der Waals surface area contributed by atoms with Gasteiger partial charge in [-0.2, -0.15) is 0 Å². The minimum atomic E-state index is -0.496. The van der Waals surface area contributed by atoms with E-state index < -0.39 is 5.92 Å². The molecule has 1 unspecified atom stereocenters. The third-order valence-corrected chi connectivity index (χ3v) is 5.36. The van der Waals surface area contributed by atoms with Gasteiger partial charge < -0.3 is 5.73 Å². The quantitative estimate of drug-likeness (QED) is 0.721. The van der Waals surface area contributed by atoms with Crippen molar-refractivity contribution >= 4 is 40.7 Å². The SMILES string of the molecule is CN1C(=O)C(c2c(Cl)cccc2Cl)Cc2c1nn(-c1ccccc1)c2N. The molecule has 132 valence electrons. The highest BCUT2D eigenvalue weighted by molar-refractivity contribution is 6.36. The summed E-state index contributed by atoms with van der Waals surface area (Å²) in [5.74, 6) is 0.476. The molecule has 2 heterocycles. The Balaban J connectivity index is 1.84. The number of benzene rings is 2. The van der Waals surface area contributed by atoms with Gasteiger partial charge in [0.05, 0.1) is 11.6 Å². The molecule has 0 saturated carbocycles. The lowest BCUT2D eigenvalue weighted by Gasteiger charge is -2.29. The molecule has 0 spiro atoms. The molecule has 0 radical (unpaired) electrons. The Hall–Kier alpha value is -2.50. The second-order valence-corrected chi connectivity index (χ2v) is 7.04. The van der Waals surface area contributed by atoms with Crippen LogP contribution in [0.25, 0.3) is 5.69 Å². The molecule has 2 N–H and O–H groups in total. The van der Waals surface area contributed by atoms with Crippen LogP contribution in [-0.4, -0.2) is 22.7 Å². The number of nitrogens with zero attached hydrogens (tertiary/aromatic N) is 3. The number of halogens is 2. The van der Waals surface area contributed by atoms with E-state index in [1.165, 1.54) is 4.90 Å². The number of carbonyl (C=O) groups excluding carboxylic acids is 1. The van der Waals surface area contributed by atoms with Crippen molar-refractivity contribution in [2.75, 3.05) is 17.7 Å². The Kier molecular flexibility index (Phi) is 4.13. The first kappa shape index (κ1) is 16.9. The van der Waals surface area contributed by atoms with E-state index >= 15 is 0 Å². The van der Waals surface area contributed by atoms with Crippen molar-refractivity contribution in [2.24, 2.45) is 0 Å². The summed E-state index contributed by atoms with van der Waals surface area (Å²) in [6.07, 6.45) is 0.403. The first-order chi connectivity index (χ1) is 12.5. The van der Waals surface area contributed by atoms with Gasteiger partial charge in [-0.25, -0.2) is 4.68 Å². The zero-order valence-corrected chi connectivity index (χ0v) is 15.5. The molecular formula is C19H16Cl2N4O. The van der Waals surface area contributed by atoms with E-state index in [2.05, 4.69) is 5.10 Å². The number of hydrogen-bond acceptors (Lipinski definition) is 3. The van der Waals surface area contributed by atoms with Gasteiger partial charge in [0.15, 0.2) is 5.82 Å². The second-order valence-electron chi connectivity index (χ2n) is 6.22. The summed E-state index contributed by atoms with van der Waals surface area (Å²) in [6, 6.07) is 14.8. The minimum Gasteiger partial charge on any atom is -0.383 e. The zero-order chi connectivity index (χ0) is 18.4. The first-order valence-corrected chi connectivity index (χ1v) is 8.89. The molecule has 1 aliphatic rings. The number of rotatable bonds is 2. The number of amides is 1. The van der Waals surface area contributed by atoms with Crippen LogP contribution in [0.3, 0.4) is 0 Å². The minimum absolute atomic E-state index is 0.106. The van der Waals surface area contributed by atoms with Gasteiger partial charge in [-0.05, 0) is 30.7 Å². The summed E-state index contributed by atoms with van der Waals surface area (Å²) < 4.78 is 1.66. The average molecular weight is 387 g/mol. The van der Waals surface area contributed by atoms with Crippen molar-refractivity contribution in [3.8, 4) is 5.69 Å². The monoisotopic (exact) mass is 386 g/mol. The van der Waals surface area contributed by atoms with Crippen LogP contribution in [0, 0.1) is 0 Å². The van der Waals surface area contributed by atoms with Crippen LogP contribution in [0.15, 0.2) is 48.5 Å². The third-order valence-electron chi connectivity index (χ3n) is 4.71. The van der Waals surface area contributed by atoms with E-state index in [4.69, 9.17) is 28.9 Å². The molecule has 0 saturated heterocycles. The Morgan fingerprint density at radius 1 is 1.08 bits per heavy atom. The van der Waals surface area contributed by atoms with Crippen molar-refractivity contribution in [2.45, 2.75) is 12.3 Å². The van der Waals surface area contributed by atoms with Crippen molar-refractivity contribution in [1.82, 2.24) is 9.78 Å². The predicted octanol–water partition coefficient (Wildman–Crippen LogP) is 4.06. The molecule has 1 amide bonds. The Bertz CT molecular complexity index is 980. The number of hydrogen-bond donors (Lipinski definition) is 1.